The third-order valence-electron chi connectivity index (χ3n) is 2.52. The molecule has 4 nitrogen and oxygen atoms in total. The number of ether oxygens (including phenoxy) is 1. The summed E-state index contributed by atoms with van der Waals surface area (Å²) >= 11 is 0. The number of benzene rings is 1. The normalized spacial score (nSPS) is 13.0. The highest BCUT2D eigenvalue weighted by Gasteiger charge is 2.24. The predicted molar refractivity (Wildman–Crippen MR) is 67.0 cm³/mol. The van der Waals surface area contributed by atoms with E-state index in [0.29, 0.717) is 0 Å². The molecule has 1 N–H and O–H groups in total. The van der Waals surface area contributed by atoms with Crippen molar-refractivity contribution in [3.8, 4) is 0 Å². The Morgan fingerprint density at radius 1 is 1.32 bits per heavy atom. The van der Waals surface area contributed by atoms with Crippen LogP contribution >= 0.6 is 0 Å². The van der Waals surface area contributed by atoms with Crippen molar-refractivity contribution in [3.63, 3.8) is 0 Å². The molecule has 0 aliphatic heterocycles. The van der Waals surface area contributed by atoms with E-state index in [9.17, 15) is 18.7 Å². The number of nitrogens with zero attached hydrogens (tertiary/aromatic N) is 1. The van der Waals surface area contributed by atoms with Gasteiger partial charge in [-0.15, -0.1) is 0 Å². The van der Waals surface area contributed by atoms with Gasteiger partial charge in [0.05, 0.1) is 12.7 Å². The number of carbonyl (C=O) groups is 1. The van der Waals surface area contributed by atoms with E-state index in [4.69, 9.17) is 0 Å². The minimum atomic E-state index is -0.984. The molecule has 0 aliphatic rings. The third kappa shape index (κ3) is 2.96. The number of aliphatic hydroxyl groups is 1. The fourth-order valence-corrected chi connectivity index (χ4v) is 1.48. The van der Waals surface area contributed by atoms with Crippen LogP contribution in [0.5, 0.6) is 0 Å². The Balaban J connectivity index is 3.59. The predicted octanol–water partition coefficient (Wildman–Crippen LogP) is 2.50. The van der Waals surface area contributed by atoms with E-state index in [1.54, 1.807) is 0 Å². The monoisotopic (exact) mass is 269 g/mol. The van der Waals surface area contributed by atoms with E-state index in [2.05, 4.69) is 9.73 Å². The summed E-state index contributed by atoms with van der Waals surface area (Å²) in [5.41, 5.74) is -0.966. The lowest BCUT2D eigenvalue weighted by Crippen LogP contribution is -2.15. The molecule has 1 rings (SSSR count). The molecule has 0 aromatic heterocycles. The first-order valence-corrected chi connectivity index (χ1v) is 5.33. The van der Waals surface area contributed by atoms with E-state index in [1.165, 1.54) is 14.0 Å². The highest BCUT2D eigenvalue weighted by Crippen LogP contribution is 2.24. The fourth-order valence-electron chi connectivity index (χ4n) is 1.48. The van der Waals surface area contributed by atoms with Crippen molar-refractivity contribution in [2.75, 3.05) is 14.2 Å². The molecule has 19 heavy (non-hydrogen) atoms. The van der Waals surface area contributed by atoms with Gasteiger partial charge in [-0.05, 0) is 19.1 Å². The van der Waals surface area contributed by atoms with Crippen molar-refractivity contribution in [2.24, 2.45) is 4.99 Å². The highest BCUT2D eigenvalue weighted by atomic mass is 19.1. The minimum Gasteiger partial charge on any atom is -0.506 e. The molecule has 0 amide bonds. The SMILES string of the molecule is CN=C(C)/C(C(=O)OC)=C(\O)c1c(F)cccc1F. The number of rotatable bonds is 3. The summed E-state index contributed by atoms with van der Waals surface area (Å²) in [6.45, 7) is 1.42. The third-order valence-corrected chi connectivity index (χ3v) is 2.52. The maximum atomic E-state index is 13.6. The maximum Gasteiger partial charge on any atom is 0.343 e. The molecule has 0 saturated carbocycles. The molecule has 0 heterocycles. The molecule has 0 aliphatic carbocycles. The van der Waals surface area contributed by atoms with Gasteiger partial charge in [0.2, 0.25) is 0 Å². The number of halogens is 2. The second kappa shape index (κ2) is 6.08. The minimum absolute atomic E-state index is 0.104. The van der Waals surface area contributed by atoms with Crippen molar-refractivity contribution in [1.29, 1.82) is 0 Å². The van der Waals surface area contributed by atoms with Crippen LogP contribution in [-0.4, -0.2) is 30.9 Å². The number of aliphatic imine (C=N–C) groups is 1. The lowest BCUT2D eigenvalue weighted by Gasteiger charge is -2.10. The lowest BCUT2D eigenvalue weighted by molar-refractivity contribution is -0.135. The zero-order chi connectivity index (χ0) is 14.6. The van der Waals surface area contributed by atoms with Gasteiger partial charge in [0.1, 0.15) is 23.0 Å². The van der Waals surface area contributed by atoms with E-state index < -0.39 is 28.9 Å². The molecule has 0 fully saturated rings. The van der Waals surface area contributed by atoms with Crippen LogP contribution in [0.2, 0.25) is 0 Å². The average Bonchev–Trinajstić information content (AvgIpc) is 2.38. The summed E-state index contributed by atoms with van der Waals surface area (Å²) in [6.07, 6.45) is 0. The van der Waals surface area contributed by atoms with Crippen molar-refractivity contribution in [1.82, 2.24) is 0 Å². The summed E-state index contributed by atoms with van der Waals surface area (Å²) in [5, 5.41) is 9.96. The van der Waals surface area contributed by atoms with Gasteiger partial charge in [-0.2, -0.15) is 0 Å². The van der Waals surface area contributed by atoms with E-state index in [0.717, 1.165) is 25.3 Å². The zero-order valence-electron chi connectivity index (χ0n) is 10.7. The number of hydrogen-bond acceptors (Lipinski definition) is 4. The summed E-state index contributed by atoms with van der Waals surface area (Å²) in [7, 11) is 2.47. The maximum absolute atomic E-state index is 13.6. The van der Waals surface area contributed by atoms with Gasteiger partial charge < -0.3 is 9.84 Å². The zero-order valence-corrected chi connectivity index (χ0v) is 10.7. The van der Waals surface area contributed by atoms with Crippen molar-refractivity contribution in [3.05, 3.63) is 41.0 Å². The van der Waals surface area contributed by atoms with Crippen molar-refractivity contribution < 1.29 is 23.4 Å². The molecule has 0 spiro atoms. The summed E-state index contributed by atoms with van der Waals surface area (Å²) in [4.78, 5) is 15.3. The molecule has 0 saturated heterocycles. The first-order chi connectivity index (χ1) is 8.93. The molecular weight excluding hydrogens is 256 g/mol. The van der Waals surface area contributed by atoms with Gasteiger partial charge in [0.25, 0.3) is 0 Å². The Kier molecular flexibility index (Phi) is 4.74. The van der Waals surface area contributed by atoms with E-state index in [1.807, 2.05) is 0 Å². The van der Waals surface area contributed by atoms with Crippen molar-refractivity contribution in [2.45, 2.75) is 6.92 Å². The second-order valence-electron chi connectivity index (χ2n) is 3.62. The molecule has 1 aromatic rings. The van der Waals surface area contributed by atoms with Gasteiger partial charge in [0, 0.05) is 12.8 Å². The molecule has 0 bridgehead atoms. The number of esters is 1. The number of hydrogen-bond donors (Lipinski definition) is 1. The smallest absolute Gasteiger partial charge is 0.343 e. The summed E-state index contributed by atoms with van der Waals surface area (Å²) < 4.78 is 31.6. The summed E-state index contributed by atoms with van der Waals surface area (Å²) in [5.74, 6) is -3.74. The molecule has 1 aromatic carbocycles. The van der Waals surface area contributed by atoms with Crippen LogP contribution in [0.15, 0.2) is 28.8 Å². The number of methoxy groups -OCH3 is 1. The van der Waals surface area contributed by atoms with Crippen LogP contribution in [0.25, 0.3) is 5.76 Å². The van der Waals surface area contributed by atoms with Gasteiger partial charge in [-0.25, -0.2) is 13.6 Å². The first kappa shape index (κ1) is 14.8. The molecule has 102 valence electrons. The molecule has 0 radical (unpaired) electrons. The second-order valence-corrected chi connectivity index (χ2v) is 3.62. The van der Waals surface area contributed by atoms with Crippen LogP contribution in [0.4, 0.5) is 8.78 Å². The Bertz CT molecular complexity index is 545. The fraction of sp³-hybridized carbons (Fsp3) is 0.231. The number of aliphatic hydroxyl groups excluding tert-OH is 1. The molecule has 6 heteroatoms. The highest BCUT2D eigenvalue weighted by molar-refractivity contribution is 6.23. The van der Waals surface area contributed by atoms with E-state index in [-0.39, 0.29) is 11.3 Å². The molecule has 0 unspecified atom stereocenters. The van der Waals surface area contributed by atoms with Gasteiger partial charge in [-0.1, -0.05) is 6.07 Å². The Morgan fingerprint density at radius 3 is 2.26 bits per heavy atom. The Hall–Kier alpha value is -2.24. The van der Waals surface area contributed by atoms with Crippen molar-refractivity contribution >= 4 is 17.4 Å². The van der Waals surface area contributed by atoms with Crippen LogP contribution in [-0.2, 0) is 9.53 Å². The van der Waals surface area contributed by atoms with Gasteiger partial charge >= 0.3 is 5.97 Å². The van der Waals surface area contributed by atoms with Crippen LogP contribution < -0.4 is 0 Å². The standard InChI is InChI=1S/C13H13F2NO3/c1-7(16-2)10(13(18)19-3)12(17)11-8(14)5-4-6-9(11)15/h4-6,17H,1-3H3/b12-10+,16-7?. The van der Waals surface area contributed by atoms with Gasteiger partial charge in [0.15, 0.2) is 0 Å². The van der Waals surface area contributed by atoms with Gasteiger partial charge in [-0.3, -0.25) is 4.99 Å². The van der Waals surface area contributed by atoms with E-state index >= 15 is 0 Å². The van der Waals surface area contributed by atoms with Crippen LogP contribution in [0.3, 0.4) is 0 Å². The first-order valence-electron chi connectivity index (χ1n) is 5.33. The largest absolute Gasteiger partial charge is 0.506 e. The summed E-state index contributed by atoms with van der Waals surface area (Å²) in [6, 6.07) is 3.10. The number of carbonyl (C=O) groups excluding carboxylic acids is 1. The Morgan fingerprint density at radius 2 is 1.84 bits per heavy atom. The average molecular weight is 269 g/mol. The molecule has 0 atom stereocenters. The van der Waals surface area contributed by atoms with Crippen LogP contribution in [0, 0.1) is 11.6 Å². The lowest BCUT2D eigenvalue weighted by atomic mass is 10.0. The molecular formula is C13H13F2NO3. The van der Waals surface area contributed by atoms with Crippen LogP contribution in [0.1, 0.15) is 12.5 Å². The Labute approximate surface area is 109 Å². The topological polar surface area (TPSA) is 58.9 Å². The quantitative estimate of drug-likeness (QED) is 0.397.